The molecule has 7 nitrogen and oxygen atoms in total. The molecule has 0 aliphatic carbocycles. The van der Waals surface area contributed by atoms with E-state index in [0.29, 0.717) is 29.1 Å². The number of rotatable bonds is 5. The van der Waals surface area contributed by atoms with Crippen molar-refractivity contribution in [3.05, 3.63) is 44.5 Å². The van der Waals surface area contributed by atoms with Gasteiger partial charge in [-0.3, -0.25) is 14.4 Å². The van der Waals surface area contributed by atoms with Gasteiger partial charge in [0, 0.05) is 18.2 Å². The van der Waals surface area contributed by atoms with Crippen LogP contribution in [0, 0.1) is 5.92 Å². The highest BCUT2D eigenvalue weighted by Gasteiger charge is 2.14. The molecule has 5 N–H and O–H groups in total. The molecule has 0 aliphatic heterocycles. The molecule has 23 heavy (non-hydrogen) atoms. The van der Waals surface area contributed by atoms with Crippen LogP contribution in [0.4, 0.5) is 0 Å². The summed E-state index contributed by atoms with van der Waals surface area (Å²) in [5, 5.41) is 2.88. The lowest BCUT2D eigenvalue weighted by Crippen LogP contribution is -2.41. The van der Waals surface area contributed by atoms with Gasteiger partial charge in [0.05, 0.1) is 11.0 Å². The highest BCUT2D eigenvalue weighted by molar-refractivity contribution is 5.97. The molecule has 8 heteroatoms. The van der Waals surface area contributed by atoms with Crippen molar-refractivity contribution in [3.63, 3.8) is 0 Å². The lowest BCUT2D eigenvalue weighted by Gasteiger charge is -2.18. The SMILES string of the molecule is CC(C)CC(CN)NC(=O)c1ccc2[nH]c(=O)c(=O)[nH]c2c1.Cl. The molecule has 1 aromatic heterocycles. The zero-order valence-electron chi connectivity index (χ0n) is 13.0. The van der Waals surface area contributed by atoms with E-state index in [0.717, 1.165) is 6.42 Å². The van der Waals surface area contributed by atoms with Crippen molar-refractivity contribution in [3.8, 4) is 0 Å². The number of benzene rings is 1. The Bertz CT molecular complexity index is 797. The van der Waals surface area contributed by atoms with Gasteiger partial charge in [-0.1, -0.05) is 13.8 Å². The van der Waals surface area contributed by atoms with E-state index in [4.69, 9.17) is 5.73 Å². The van der Waals surface area contributed by atoms with E-state index in [1.54, 1.807) is 12.1 Å². The number of amides is 1. The molecular formula is C15H21ClN4O3. The Morgan fingerprint density at radius 1 is 1.17 bits per heavy atom. The van der Waals surface area contributed by atoms with Crippen molar-refractivity contribution in [1.29, 1.82) is 0 Å². The molecule has 0 saturated heterocycles. The number of nitrogens with two attached hydrogens (primary N) is 1. The lowest BCUT2D eigenvalue weighted by molar-refractivity contribution is 0.0934. The summed E-state index contributed by atoms with van der Waals surface area (Å²) >= 11 is 0. The van der Waals surface area contributed by atoms with E-state index in [1.165, 1.54) is 6.07 Å². The minimum atomic E-state index is -0.746. The summed E-state index contributed by atoms with van der Waals surface area (Å²) in [7, 11) is 0. The van der Waals surface area contributed by atoms with Crippen molar-refractivity contribution in [2.45, 2.75) is 26.3 Å². The number of fused-ring (bicyclic) bond motifs is 1. The van der Waals surface area contributed by atoms with Gasteiger partial charge in [-0.25, -0.2) is 0 Å². The Hall–Kier alpha value is -2.12. The minimum Gasteiger partial charge on any atom is -0.348 e. The Labute approximate surface area is 139 Å². The van der Waals surface area contributed by atoms with Crippen LogP contribution in [0.15, 0.2) is 27.8 Å². The van der Waals surface area contributed by atoms with Crippen molar-refractivity contribution >= 4 is 29.3 Å². The average molecular weight is 341 g/mol. The molecule has 0 spiro atoms. The zero-order valence-corrected chi connectivity index (χ0v) is 13.8. The maximum atomic E-state index is 12.3. The third-order valence-electron chi connectivity index (χ3n) is 3.36. The Kier molecular flexibility index (Phi) is 6.53. The van der Waals surface area contributed by atoms with Gasteiger partial charge in [-0.2, -0.15) is 0 Å². The van der Waals surface area contributed by atoms with Crippen molar-refractivity contribution in [2.75, 3.05) is 6.54 Å². The van der Waals surface area contributed by atoms with E-state index in [9.17, 15) is 14.4 Å². The average Bonchev–Trinajstić information content (AvgIpc) is 2.46. The molecule has 0 saturated carbocycles. The van der Waals surface area contributed by atoms with Crippen LogP contribution in [0.5, 0.6) is 0 Å². The van der Waals surface area contributed by atoms with Gasteiger partial charge in [0.1, 0.15) is 0 Å². The second-order valence-corrected chi connectivity index (χ2v) is 5.70. The van der Waals surface area contributed by atoms with Gasteiger partial charge in [0.15, 0.2) is 0 Å². The quantitative estimate of drug-likeness (QED) is 0.600. The van der Waals surface area contributed by atoms with Crippen molar-refractivity contribution in [1.82, 2.24) is 15.3 Å². The van der Waals surface area contributed by atoms with E-state index in [-0.39, 0.29) is 24.4 Å². The predicted molar refractivity (Wildman–Crippen MR) is 92.2 cm³/mol. The normalized spacial score (nSPS) is 12.0. The molecule has 0 fully saturated rings. The van der Waals surface area contributed by atoms with Crippen molar-refractivity contribution in [2.24, 2.45) is 11.7 Å². The zero-order chi connectivity index (χ0) is 16.3. The van der Waals surface area contributed by atoms with Crippen LogP contribution < -0.4 is 22.2 Å². The summed E-state index contributed by atoms with van der Waals surface area (Å²) in [6.07, 6.45) is 0.792. The van der Waals surface area contributed by atoms with Gasteiger partial charge < -0.3 is 21.0 Å². The van der Waals surface area contributed by atoms with Crippen LogP contribution in [0.25, 0.3) is 11.0 Å². The fourth-order valence-corrected chi connectivity index (χ4v) is 2.31. The molecule has 1 heterocycles. The molecule has 0 bridgehead atoms. The number of hydrogen-bond acceptors (Lipinski definition) is 4. The number of halogens is 1. The molecule has 2 rings (SSSR count). The lowest BCUT2D eigenvalue weighted by atomic mass is 10.0. The second kappa shape index (κ2) is 7.94. The van der Waals surface area contributed by atoms with Gasteiger partial charge >= 0.3 is 11.1 Å². The summed E-state index contributed by atoms with van der Waals surface area (Å²) in [4.78, 5) is 39.7. The summed E-state index contributed by atoms with van der Waals surface area (Å²) in [6, 6.07) is 4.61. The van der Waals surface area contributed by atoms with E-state index < -0.39 is 11.1 Å². The van der Waals surface area contributed by atoms with Crippen molar-refractivity contribution < 1.29 is 4.79 Å². The predicted octanol–water partition coefficient (Wildman–Crippen LogP) is 0.741. The van der Waals surface area contributed by atoms with Gasteiger partial charge in [0.25, 0.3) is 5.91 Å². The fraction of sp³-hybridized carbons (Fsp3) is 0.400. The third kappa shape index (κ3) is 4.67. The molecule has 1 amide bonds. The van der Waals surface area contributed by atoms with E-state index in [1.807, 2.05) is 0 Å². The first-order valence-electron chi connectivity index (χ1n) is 7.18. The Balaban J connectivity index is 0.00000264. The first-order valence-corrected chi connectivity index (χ1v) is 7.18. The van der Waals surface area contributed by atoms with Crippen LogP contribution in [-0.2, 0) is 0 Å². The van der Waals surface area contributed by atoms with Crippen LogP contribution in [0.2, 0.25) is 0 Å². The summed E-state index contributed by atoms with van der Waals surface area (Å²) in [6.45, 7) is 4.49. The van der Waals surface area contributed by atoms with Crippen LogP contribution in [-0.4, -0.2) is 28.5 Å². The molecule has 0 aliphatic rings. The highest BCUT2D eigenvalue weighted by atomic mass is 35.5. The molecule has 2 aromatic rings. The fourth-order valence-electron chi connectivity index (χ4n) is 2.31. The second-order valence-electron chi connectivity index (χ2n) is 5.70. The smallest absolute Gasteiger partial charge is 0.314 e. The molecule has 1 aromatic carbocycles. The number of carbonyl (C=O) groups excluding carboxylic acids is 1. The number of aromatic nitrogens is 2. The topological polar surface area (TPSA) is 121 Å². The van der Waals surface area contributed by atoms with Gasteiger partial charge in [-0.05, 0) is 30.5 Å². The molecule has 1 atom stereocenters. The first kappa shape index (κ1) is 18.9. The summed E-state index contributed by atoms with van der Waals surface area (Å²) in [5.74, 6) is 0.164. The highest BCUT2D eigenvalue weighted by Crippen LogP contribution is 2.10. The number of H-pyrrole nitrogens is 2. The number of hydrogen-bond donors (Lipinski definition) is 4. The largest absolute Gasteiger partial charge is 0.348 e. The summed E-state index contributed by atoms with van der Waals surface area (Å²) in [5.41, 5.74) is 5.49. The number of aromatic amines is 2. The van der Waals surface area contributed by atoms with E-state index >= 15 is 0 Å². The number of nitrogens with one attached hydrogen (secondary N) is 3. The first-order chi connectivity index (χ1) is 10.4. The molecule has 1 unspecified atom stereocenters. The number of carbonyl (C=O) groups is 1. The third-order valence-corrected chi connectivity index (χ3v) is 3.36. The maximum absolute atomic E-state index is 12.3. The summed E-state index contributed by atoms with van der Waals surface area (Å²) < 4.78 is 0. The monoisotopic (exact) mass is 340 g/mol. The minimum absolute atomic E-state index is 0. The molecular weight excluding hydrogens is 320 g/mol. The Morgan fingerprint density at radius 2 is 1.78 bits per heavy atom. The van der Waals surface area contributed by atoms with Gasteiger partial charge in [-0.15, -0.1) is 12.4 Å². The molecule has 126 valence electrons. The van der Waals surface area contributed by atoms with Gasteiger partial charge in [0.2, 0.25) is 0 Å². The maximum Gasteiger partial charge on any atom is 0.314 e. The van der Waals surface area contributed by atoms with Crippen LogP contribution >= 0.6 is 12.4 Å². The van der Waals surface area contributed by atoms with E-state index in [2.05, 4.69) is 29.1 Å². The molecule has 0 radical (unpaired) electrons. The standard InChI is InChI=1S/C15H20N4O3.ClH/c1-8(2)5-10(7-16)17-13(20)9-3-4-11-12(6-9)19-15(22)14(21)18-11;/h3-4,6,8,10H,5,7,16H2,1-2H3,(H,17,20)(H,18,21)(H,19,22);1H. The van der Waals surface area contributed by atoms with Crippen LogP contribution in [0.3, 0.4) is 0 Å². The Morgan fingerprint density at radius 3 is 2.35 bits per heavy atom. The van der Waals surface area contributed by atoms with Crippen LogP contribution in [0.1, 0.15) is 30.6 Å².